The van der Waals surface area contributed by atoms with E-state index in [9.17, 15) is 8.42 Å². The molecule has 1 saturated heterocycles. The molecule has 164 valence electrons. The standard InChI is InChI=1S/C23H27N3O4S/c1-16-10-11-20(29-3)21(13-16)31(27,28)26-12-6-8-18(15-26)14-22-24-23(25-30-22)19-9-5-4-7-17(19)2/h4-5,7,9-11,13,18H,6,8,12,14-15H2,1-3H3. The number of aryl methyl sites for hydroxylation is 2. The van der Waals surface area contributed by atoms with Crippen LogP contribution in [0.25, 0.3) is 11.4 Å². The van der Waals surface area contributed by atoms with E-state index in [1.807, 2.05) is 44.2 Å². The zero-order valence-corrected chi connectivity index (χ0v) is 18.9. The summed E-state index contributed by atoms with van der Waals surface area (Å²) in [6, 6.07) is 13.1. The second-order valence-corrected chi connectivity index (χ2v) is 9.96. The molecule has 1 fully saturated rings. The van der Waals surface area contributed by atoms with Crippen molar-refractivity contribution in [2.24, 2.45) is 5.92 Å². The minimum Gasteiger partial charge on any atom is -0.495 e. The predicted octanol–water partition coefficient (Wildman–Crippen LogP) is 4.01. The van der Waals surface area contributed by atoms with E-state index >= 15 is 0 Å². The fraction of sp³-hybridized carbons (Fsp3) is 0.391. The van der Waals surface area contributed by atoms with Gasteiger partial charge >= 0.3 is 0 Å². The van der Waals surface area contributed by atoms with E-state index in [-0.39, 0.29) is 10.8 Å². The van der Waals surface area contributed by atoms with Gasteiger partial charge in [-0.2, -0.15) is 9.29 Å². The molecule has 0 aliphatic carbocycles. The van der Waals surface area contributed by atoms with E-state index < -0.39 is 10.0 Å². The monoisotopic (exact) mass is 441 g/mol. The van der Waals surface area contributed by atoms with Crippen LogP contribution in [0.5, 0.6) is 5.75 Å². The first-order valence-electron chi connectivity index (χ1n) is 10.4. The summed E-state index contributed by atoms with van der Waals surface area (Å²) >= 11 is 0. The highest BCUT2D eigenvalue weighted by molar-refractivity contribution is 7.89. The van der Waals surface area contributed by atoms with Crippen molar-refractivity contribution in [3.05, 3.63) is 59.5 Å². The average Bonchev–Trinajstić information content (AvgIpc) is 3.22. The fourth-order valence-electron chi connectivity index (χ4n) is 4.05. The quantitative estimate of drug-likeness (QED) is 0.575. The van der Waals surface area contributed by atoms with Crippen molar-refractivity contribution in [2.75, 3.05) is 20.2 Å². The molecule has 1 aromatic heterocycles. The van der Waals surface area contributed by atoms with Crippen molar-refractivity contribution in [2.45, 2.75) is 38.0 Å². The Morgan fingerprint density at radius 1 is 1.19 bits per heavy atom. The number of ether oxygens (including phenoxy) is 1. The minimum absolute atomic E-state index is 0.115. The van der Waals surface area contributed by atoms with Crippen LogP contribution in [0.2, 0.25) is 0 Å². The maximum atomic E-state index is 13.3. The molecule has 0 amide bonds. The Hall–Kier alpha value is -2.71. The molecule has 1 unspecified atom stereocenters. The van der Waals surface area contributed by atoms with Gasteiger partial charge in [-0.3, -0.25) is 0 Å². The van der Waals surface area contributed by atoms with Crippen LogP contribution >= 0.6 is 0 Å². The first kappa shape index (κ1) is 21.5. The lowest BCUT2D eigenvalue weighted by atomic mass is 9.96. The smallest absolute Gasteiger partial charge is 0.246 e. The largest absolute Gasteiger partial charge is 0.495 e. The molecule has 0 saturated carbocycles. The van der Waals surface area contributed by atoms with Gasteiger partial charge in [0.25, 0.3) is 0 Å². The van der Waals surface area contributed by atoms with Crippen LogP contribution < -0.4 is 4.74 Å². The van der Waals surface area contributed by atoms with Gasteiger partial charge in [0.1, 0.15) is 10.6 Å². The van der Waals surface area contributed by atoms with Gasteiger partial charge in [-0.05, 0) is 55.9 Å². The number of piperidine rings is 1. The van der Waals surface area contributed by atoms with Gasteiger partial charge in [0.2, 0.25) is 21.7 Å². The van der Waals surface area contributed by atoms with Crippen molar-refractivity contribution in [3.8, 4) is 17.1 Å². The zero-order chi connectivity index (χ0) is 22.0. The van der Waals surface area contributed by atoms with Crippen LogP contribution in [0.4, 0.5) is 0 Å². The van der Waals surface area contributed by atoms with Crippen LogP contribution in [-0.2, 0) is 16.4 Å². The lowest BCUT2D eigenvalue weighted by Gasteiger charge is -2.31. The van der Waals surface area contributed by atoms with E-state index in [1.165, 1.54) is 7.11 Å². The van der Waals surface area contributed by atoms with Gasteiger partial charge in [-0.25, -0.2) is 8.42 Å². The molecule has 7 nitrogen and oxygen atoms in total. The van der Waals surface area contributed by atoms with Gasteiger partial charge in [0.15, 0.2) is 0 Å². The first-order valence-corrected chi connectivity index (χ1v) is 11.9. The summed E-state index contributed by atoms with van der Waals surface area (Å²) in [6.45, 7) is 4.80. The van der Waals surface area contributed by atoms with Crippen LogP contribution in [0.1, 0.15) is 29.9 Å². The third-order valence-electron chi connectivity index (χ3n) is 5.74. The molecule has 2 aromatic carbocycles. The van der Waals surface area contributed by atoms with Crippen molar-refractivity contribution < 1.29 is 17.7 Å². The van der Waals surface area contributed by atoms with Gasteiger partial charge in [0, 0.05) is 25.1 Å². The molecule has 1 atom stereocenters. The SMILES string of the molecule is COc1ccc(C)cc1S(=O)(=O)N1CCCC(Cc2nc(-c3ccccc3C)no2)C1. The molecule has 1 aliphatic heterocycles. The lowest BCUT2D eigenvalue weighted by Crippen LogP contribution is -2.40. The van der Waals surface area contributed by atoms with Gasteiger partial charge in [-0.1, -0.05) is 35.5 Å². The van der Waals surface area contributed by atoms with E-state index in [1.54, 1.807) is 16.4 Å². The van der Waals surface area contributed by atoms with Crippen LogP contribution in [0.3, 0.4) is 0 Å². The second kappa shape index (κ2) is 8.80. The topological polar surface area (TPSA) is 85.5 Å². The Labute approximate surface area is 183 Å². The molecule has 8 heteroatoms. The molecule has 0 bridgehead atoms. The number of nitrogens with zero attached hydrogens (tertiary/aromatic N) is 3. The minimum atomic E-state index is -3.65. The molecule has 31 heavy (non-hydrogen) atoms. The molecule has 4 rings (SSSR count). The number of sulfonamides is 1. The van der Waals surface area contributed by atoms with Crippen LogP contribution in [-0.4, -0.2) is 43.1 Å². The fourth-order valence-corrected chi connectivity index (χ4v) is 5.85. The van der Waals surface area contributed by atoms with Gasteiger partial charge in [-0.15, -0.1) is 0 Å². The molecule has 1 aliphatic rings. The second-order valence-electron chi connectivity index (χ2n) is 8.06. The van der Waals surface area contributed by atoms with E-state index in [4.69, 9.17) is 9.26 Å². The molecule has 2 heterocycles. The summed E-state index contributed by atoms with van der Waals surface area (Å²) < 4.78 is 39.0. The first-order chi connectivity index (χ1) is 14.9. The average molecular weight is 442 g/mol. The summed E-state index contributed by atoms with van der Waals surface area (Å²) in [5, 5.41) is 4.13. The van der Waals surface area contributed by atoms with Gasteiger partial charge < -0.3 is 9.26 Å². The molecular formula is C23H27N3O4S. The molecule has 3 aromatic rings. The Morgan fingerprint density at radius 2 is 2.00 bits per heavy atom. The summed E-state index contributed by atoms with van der Waals surface area (Å²) in [4.78, 5) is 4.77. The van der Waals surface area contributed by atoms with E-state index in [0.717, 1.165) is 29.5 Å². The van der Waals surface area contributed by atoms with E-state index in [2.05, 4.69) is 10.1 Å². The van der Waals surface area contributed by atoms with Crippen molar-refractivity contribution in [1.82, 2.24) is 14.4 Å². The zero-order valence-electron chi connectivity index (χ0n) is 18.0. The number of benzene rings is 2. The number of aromatic nitrogens is 2. The highest BCUT2D eigenvalue weighted by atomic mass is 32.2. The number of rotatable bonds is 6. The molecule has 0 N–H and O–H groups in total. The third kappa shape index (κ3) is 4.50. The Kier molecular flexibility index (Phi) is 6.11. The summed E-state index contributed by atoms with van der Waals surface area (Å²) in [7, 11) is -2.16. The summed E-state index contributed by atoms with van der Waals surface area (Å²) in [6.07, 6.45) is 2.26. The molecule has 0 radical (unpaired) electrons. The van der Waals surface area contributed by atoms with Gasteiger partial charge in [0.05, 0.1) is 7.11 Å². The van der Waals surface area contributed by atoms with Crippen LogP contribution in [0.15, 0.2) is 51.9 Å². The van der Waals surface area contributed by atoms with E-state index in [0.29, 0.717) is 37.0 Å². The van der Waals surface area contributed by atoms with Crippen molar-refractivity contribution >= 4 is 10.0 Å². The summed E-state index contributed by atoms with van der Waals surface area (Å²) in [5.41, 5.74) is 2.90. The lowest BCUT2D eigenvalue weighted by molar-refractivity contribution is 0.246. The Balaban J connectivity index is 1.51. The highest BCUT2D eigenvalue weighted by Crippen LogP contribution is 2.31. The molecular weight excluding hydrogens is 414 g/mol. The third-order valence-corrected chi connectivity index (χ3v) is 7.62. The Bertz CT molecular complexity index is 1170. The van der Waals surface area contributed by atoms with Crippen molar-refractivity contribution in [1.29, 1.82) is 0 Å². The van der Waals surface area contributed by atoms with Crippen molar-refractivity contribution in [3.63, 3.8) is 0 Å². The highest BCUT2D eigenvalue weighted by Gasteiger charge is 2.33. The number of hydrogen-bond acceptors (Lipinski definition) is 6. The maximum absolute atomic E-state index is 13.3. The predicted molar refractivity (Wildman–Crippen MR) is 117 cm³/mol. The normalized spacial score (nSPS) is 17.6. The Morgan fingerprint density at radius 3 is 2.77 bits per heavy atom. The number of hydrogen-bond donors (Lipinski definition) is 0. The number of methoxy groups -OCH3 is 1. The van der Waals surface area contributed by atoms with Crippen LogP contribution in [0, 0.1) is 19.8 Å². The maximum Gasteiger partial charge on any atom is 0.246 e. The summed E-state index contributed by atoms with van der Waals surface area (Å²) in [5.74, 6) is 1.59. The molecule has 0 spiro atoms.